The number of benzene rings is 3. The molecule has 1 heterocycles. The van der Waals surface area contributed by atoms with Gasteiger partial charge in [-0.05, 0) is 75.2 Å². The van der Waals surface area contributed by atoms with Crippen molar-refractivity contribution in [3.63, 3.8) is 0 Å². The largest absolute Gasteiger partial charge is 0.341 e. The Bertz CT molecular complexity index is 1240. The standard InChI is InChI=1S/C25H23NO2/c1-5-26-22-8-6-18(14-27)12-20(22)21-13-19(7-9-23(21)26)25(28)24-16(3)10-15(2)11-17(24)4/h6-14H,5H2,1-4H3. The number of aryl methyl sites for hydroxylation is 4. The molecular formula is C25H23NO2. The lowest BCUT2D eigenvalue weighted by Gasteiger charge is -2.11. The topological polar surface area (TPSA) is 39.1 Å². The highest BCUT2D eigenvalue weighted by atomic mass is 16.1. The Morgan fingerprint density at radius 1 is 0.893 bits per heavy atom. The number of carbonyl (C=O) groups is 2. The summed E-state index contributed by atoms with van der Waals surface area (Å²) in [7, 11) is 0. The summed E-state index contributed by atoms with van der Waals surface area (Å²) in [6.07, 6.45) is 0.864. The van der Waals surface area contributed by atoms with Crippen LogP contribution in [0.5, 0.6) is 0 Å². The molecule has 3 heteroatoms. The second-order valence-corrected chi connectivity index (χ2v) is 7.47. The minimum absolute atomic E-state index is 0.0424. The molecule has 3 aromatic carbocycles. The molecule has 0 radical (unpaired) electrons. The van der Waals surface area contributed by atoms with Gasteiger partial charge in [0.25, 0.3) is 0 Å². The van der Waals surface area contributed by atoms with Crippen molar-refractivity contribution in [1.29, 1.82) is 0 Å². The molecule has 0 aliphatic rings. The van der Waals surface area contributed by atoms with Crippen molar-refractivity contribution in [2.24, 2.45) is 0 Å². The van der Waals surface area contributed by atoms with E-state index in [2.05, 4.69) is 23.6 Å². The zero-order valence-electron chi connectivity index (χ0n) is 16.7. The number of hydrogen-bond donors (Lipinski definition) is 0. The number of ketones is 1. The maximum absolute atomic E-state index is 13.3. The Kier molecular flexibility index (Phi) is 4.38. The third kappa shape index (κ3) is 2.75. The predicted molar refractivity (Wildman–Crippen MR) is 115 cm³/mol. The van der Waals surface area contributed by atoms with Crippen molar-refractivity contribution in [2.75, 3.05) is 0 Å². The highest BCUT2D eigenvalue weighted by Crippen LogP contribution is 2.31. The maximum atomic E-state index is 13.3. The second kappa shape index (κ2) is 6.75. The summed E-state index contributed by atoms with van der Waals surface area (Å²) in [6.45, 7) is 8.95. The van der Waals surface area contributed by atoms with E-state index in [-0.39, 0.29) is 5.78 Å². The van der Waals surface area contributed by atoms with Crippen molar-refractivity contribution in [2.45, 2.75) is 34.2 Å². The number of rotatable bonds is 4. The minimum Gasteiger partial charge on any atom is -0.341 e. The molecule has 3 nitrogen and oxygen atoms in total. The number of aromatic nitrogens is 1. The van der Waals surface area contributed by atoms with Crippen LogP contribution >= 0.6 is 0 Å². The Balaban J connectivity index is 1.96. The number of carbonyl (C=O) groups excluding carboxylic acids is 2. The molecule has 0 amide bonds. The Morgan fingerprint density at radius 3 is 2.11 bits per heavy atom. The molecule has 4 aromatic rings. The summed E-state index contributed by atoms with van der Waals surface area (Å²) in [5.74, 6) is 0.0424. The van der Waals surface area contributed by atoms with Gasteiger partial charge in [-0.25, -0.2) is 0 Å². The lowest BCUT2D eigenvalue weighted by Crippen LogP contribution is -2.07. The molecule has 0 aliphatic carbocycles. The average molecular weight is 369 g/mol. The average Bonchev–Trinajstić information content (AvgIpc) is 2.99. The normalized spacial score (nSPS) is 11.3. The van der Waals surface area contributed by atoms with Crippen LogP contribution in [0.2, 0.25) is 0 Å². The third-order valence-electron chi connectivity index (χ3n) is 5.51. The van der Waals surface area contributed by atoms with Crippen molar-refractivity contribution < 1.29 is 9.59 Å². The number of fused-ring (bicyclic) bond motifs is 3. The molecule has 0 unspecified atom stereocenters. The first-order valence-corrected chi connectivity index (χ1v) is 9.58. The van der Waals surface area contributed by atoms with Crippen molar-refractivity contribution in [3.8, 4) is 0 Å². The molecule has 0 spiro atoms. The molecule has 4 rings (SSSR count). The lowest BCUT2D eigenvalue weighted by atomic mass is 9.92. The number of nitrogens with zero attached hydrogens (tertiary/aromatic N) is 1. The summed E-state index contributed by atoms with van der Waals surface area (Å²) in [4.78, 5) is 24.6. The first-order valence-electron chi connectivity index (χ1n) is 9.58. The fourth-order valence-corrected chi connectivity index (χ4v) is 4.36. The Morgan fingerprint density at radius 2 is 1.50 bits per heavy atom. The van der Waals surface area contributed by atoms with Gasteiger partial charge in [0, 0.05) is 45.0 Å². The fraction of sp³-hybridized carbons (Fsp3) is 0.200. The van der Waals surface area contributed by atoms with E-state index in [9.17, 15) is 9.59 Å². The SMILES string of the molecule is CCn1c2ccc(C=O)cc2c2cc(C(=O)c3c(C)cc(C)cc3C)ccc21. The Labute approximate surface area is 164 Å². The predicted octanol–water partition coefficient (Wildman–Crippen LogP) is 5.78. The summed E-state index contributed by atoms with van der Waals surface area (Å²) in [5, 5.41) is 2.02. The van der Waals surface area contributed by atoms with Gasteiger partial charge < -0.3 is 4.57 Å². The molecule has 0 aliphatic heterocycles. The van der Waals surface area contributed by atoms with Crippen LogP contribution in [0.1, 0.15) is 49.9 Å². The lowest BCUT2D eigenvalue weighted by molar-refractivity contribution is 0.103. The summed E-state index contributed by atoms with van der Waals surface area (Å²) >= 11 is 0. The van der Waals surface area contributed by atoms with Crippen molar-refractivity contribution >= 4 is 33.9 Å². The van der Waals surface area contributed by atoms with E-state index in [4.69, 9.17) is 0 Å². The monoisotopic (exact) mass is 369 g/mol. The number of hydrogen-bond acceptors (Lipinski definition) is 2. The van der Waals surface area contributed by atoms with E-state index in [1.54, 1.807) is 0 Å². The molecular weight excluding hydrogens is 346 g/mol. The summed E-state index contributed by atoms with van der Waals surface area (Å²) in [5.41, 5.74) is 7.42. The van der Waals surface area contributed by atoms with Crippen LogP contribution in [-0.2, 0) is 6.54 Å². The first kappa shape index (κ1) is 18.2. The molecule has 140 valence electrons. The van der Waals surface area contributed by atoms with E-state index < -0.39 is 0 Å². The van der Waals surface area contributed by atoms with Gasteiger partial charge in [0.05, 0.1) is 0 Å². The first-order chi connectivity index (χ1) is 13.4. The zero-order valence-corrected chi connectivity index (χ0v) is 16.7. The highest BCUT2D eigenvalue weighted by molar-refractivity contribution is 6.16. The molecule has 0 N–H and O–H groups in total. The van der Waals surface area contributed by atoms with Crippen LogP contribution in [0.15, 0.2) is 48.5 Å². The van der Waals surface area contributed by atoms with E-state index in [1.165, 1.54) is 0 Å². The van der Waals surface area contributed by atoms with Crippen LogP contribution in [0.3, 0.4) is 0 Å². The van der Waals surface area contributed by atoms with Crippen molar-refractivity contribution in [1.82, 2.24) is 4.57 Å². The summed E-state index contributed by atoms with van der Waals surface area (Å²) in [6, 6.07) is 15.7. The van der Waals surface area contributed by atoms with Gasteiger partial charge in [0.1, 0.15) is 6.29 Å². The molecule has 0 saturated heterocycles. The van der Waals surface area contributed by atoms with Crippen LogP contribution < -0.4 is 0 Å². The summed E-state index contributed by atoms with van der Waals surface area (Å²) < 4.78 is 2.22. The maximum Gasteiger partial charge on any atom is 0.193 e. The van der Waals surface area contributed by atoms with Gasteiger partial charge in [-0.15, -0.1) is 0 Å². The minimum atomic E-state index is 0.0424. The van der Waals surface area contributed by atoms with Crippen molar-refractivity contribution in [3.05, 3.63) is 81.9 Å². The van der Waals surface area contributed by atoms with Gasteiger partial charge in [-0.1, -0.05) is 17.7 Å². The third-order valence-corrected chi connectivity index (χ3v) is 5.51. The quantitative estimate of drug-likeness (QED) is 0.338. The number of aldehydes is 1. The van der Waals surface area contributed by atoms with Crippen LogP contribution in [0.4, 0.5) is 0 Å². The molecule has 0 atom stereocenters. The molecule has 0 fully saturated rings. The van der Waals surface area contributed by atoms with E-state index in [0.717, 1.165) is 56.9 Å². The van der Waals surface area contributed by atoms with Gasteiger partial charge in [-0.2, -0.15) is 0 Å². The Hall–Kier alpha value is -3.20. The fourth-order valence-electron chi connectivity index (χ4n) is 4.36. The smallest absolute Gasteiger partial charge is 0.193 e. The molecule has 0 saturated carbocycles. The van der Waals surface area contributed by atoms with E-state index in [0.29, 0.717) is 11.1 Å². The molecule has 28 heavy (non-hydrogen) atoms. The molecule has 1 aromatic heterocycles. The van der Waals surface area contributed by atoms with Crippen LogP contribution in [-0.4, -0.2) is 16.6 Å². The van der Waals surface area contributed by atoms with Gasteiger partial charge >= 0.3 is 0 Å². The van der Waals surface area contributed by atoms with Gasteiger partial charge in [0.15, 0.2) is 5.78 Å². The van der Waals surface area contributed by atoms with E-state index in [1.807, 2.05) is 57.2 Å². The second-order valence-electron chi connectivity index (χ2n) is 7.47. The molecule has 0 bridgehead atoms. The van der Waals surface area contributed by atoms with Crippen LogP contribution in [0, 0.1) is 20.8 Å². The van der Waals surface area contributed by atoms with Gasteiger partial charge in [-0.3, -0.25) is 9.59 Å². The highest BCUT2D eigenvalue weighted by Gasteiger charge is 2.17. The van der Waals surface area contributed by atoms with Gasteiger partial charge in [0.2, 0.25) is 0 Å². The van der Waals surface area contributed by atoms with Crippen LogP contribution in [0.25, 0.3) is 21.8 Å². The zero-order chi connectivity index (χ0) is 20.0. The van der Waals surface area contributed by atoms with E-state index >= 15 is 0 Å².